The third-order valence-corrected chi connectivity index (χ3v) is 4.87. The fraction of sp³-hybridized carbons (Fsp3) is 0.625. The highest BCUT2D eigenvalue weighted by Gasteiger charge is 2.49. The summed E-state index contributed by atoms with van der Waals surface area (Å²) >= 11 is 0. The van der Waals surface area contributed by atoms with E-state index in [-0.39, 0.29) is 42.0 Å². The standard InChI is InChI=1S/C16H20F3N3O2.2ClH/c17-16(18,19)10-24-13-5-4-12(8-21-13)22-14(23)15-6-2-1-3-11(15)7-20-9-15;;/h4-5,8,11,20H,1-3,6-7,9-10H2,(H,22,23);2*1H/t11-,15+;;/m0../s1. The van der Waals surface area contributed by atoms with Gasteiger partial charge in [-0.1, -0.05) is 12.8 Å². The molecule has 1 aromatic heterocycles. The third kappa shape index (κ3) is 5.14. The number of rotatable bonds is 4. The maximum atomic E-state index is 12.8. The summed E-state index contributed by atoms with van der Waals surface area (Å²) in [4.78, 5) is 16.6. The quantitative estimate of drug-likeness (QED) is 0.788. The summed E-state index contributed by atoms with van der Waals surface area (Å²) in [6, 6.07) is 2.83. The Kier molecular flexibility index (Phi) is 7.98. The van der Waals surface area contributed by atoms with Gasteiger partial charge in [0.1, 0.15) is 0 Å². The third-order valence-electron chi connectivity index (χ3n) is 4.87. The van der Waals surface area contributed by atoms with E-state index in [9.17, 15) is 18.0 Å². The van der Waals surface area contributed by atoms with Crippen molar-refractivity contribution in [1.29, 1.82) is 0 Å². The van der Waals surface area contributed by atoms with Crippen LogP contribution in [0.15, 0.2) is 18.3 Å². The highest BCUT2D eigenvalue weighted by atomic mass is 35.5. The van der Waals surface area contributed by atoms with Gasteiger partial charge in [0.2, 0.25) is 11.8 Å². The van der Waals surface area contributed by atoms with Crippen LogP contribution in [0.25, 0.3) is 0 Å². The lowest BCUT2D eigenvalue weighted by atomic mass is 9.67. The molecule has 1 saturated heterocycles. The van der Waals surface area contributed by atoms with Gasteiger partial charge in [-0.3, -0.25) is 4.79 Å². The monoisotopic (exact) mass is 415 g/mol. The minimum Gasteiger partial charge on any atom is -0.468 e. The maximum absolute atomic E-state index is 12.8. The van der Waals surface area contributed by atoms with E-state index in [0.717, 1.165) is 32.2 Å². The van der Waals surface area contributed by atoms with E-state index >= 15 is 0 Å². The first-order valence-corrected chi connectivity index (χ1v) is 8.07. The fourth-order valence-corrected chi connectivity index (χ4v) is 3.64. The zero-order valence-electron chi connectivity index (χ0n) is 14.0. The van der Waals surface area contributed by atoms with Gasteiger partial charge >= 0.3 is 6.18 Å². The normalized spacial score (nSPS) is 24.7. The van der Waals surface area contributed by atoms with Gasteiger partial charge in [0.05, 0.1) is 17.3 Å². The van der Waals surface area contributed by atoms with Crippen LogP contribution in [-0.2, 0) is 4.79 Å². The van der Waals surface area contributed by atoms with Crippen molar-refractivity contribution in [2.45, 2.75) is 31.9 Å². The van der Waals surface area contributed by atoms with Crippen molar-refractivity contribution >= 4 is 36.4 Å². The number of ether oxygens (including phenoxy) is 1. The second kappa shape index (κ2) is 9.10. The van der Waals surface area contributed by atoms with E-state index in [4.69, 9.17) is 0 Å². The molecule has 2 N–H and O–H groups in total. The Balaban J connectivity index is 0.00000169. The van der Waals surface area contributed by atoms with Crippen LogP contribution in [0.2, 0.25) is 0 Å². The molecule has 0 aromatic carbocycles. The number of carbonyl (C=O) groups is 1. The van der Waals surface area contributed by atoms with Gasteiger partial charge in [-0.25, -0.2) is 4.98 Å². The molecular weight excluding hydrogens is 394 g/mol. The number of nitrogens with one attached hydrogen (secondary N) is 2. The molecule has 1 aromatic rings. The number of halogens is 5. The zero-order chi connectivity index (χ0) is 17.2. The van der Waals surface area contributed by atoms with Crippen LogP contribution in [0.5, 0.6) is 5.88 Å². The van der Waals surface area contributed by atoms with Crippen molar-refractivity contribution in [1.82, 2.24) is 10.3 Å². The highest BCUT2D eigenvalue weighted by Crippen LogP contribution is 2.44. The largest absolute Gasteiger partial charge is 0.468 e. The molecule has 1 aliphatic carbocycles. The highest BCUT2D eigenvalue weighted by molar-refractivity contribution is 5.96. The summed E-state index contributed by atoms with van der Waals surface area (Å²) in [7, 11) is 0. The molecule has 2 fully saturated rings. The Hall–Kier alpha value is -1.25. The van der Waals surface area contributed by atoms with Crippen LogP contribution in [0, 0.1) is 11.3 Å². The summed E-state index contributed by atoms with van der Waals surface area (Å²) in [5.41, 5.74) is 0.0777. The molecule has 0 unspecified atom stereocenters. The first-order chi connectivity index (χ1) is 11.4. The molecule has 3 rings (SSSR count). The lowest BCUT2D eigenvalue weighted by molar-refractivity contribution is -0.154. The van der Waals surface area contributed by atoms with Crippen molar-refractivity contribution in [2.75, 3.05) is 25.0 Å². The SMILES string of the molecule is Cl.Cl.O=C(Nc1ccc(OCC(F)(F)F)nc1)[C@@]12CCCC[C@H]1CNC2. The molecule has 1 saturated carbocycles. The van der Waals surface area contributed by atoms with E-state index in [1.807, 2.05) is 0 Å². The average Bonchev–Trinajstić information content (AvgIpc) is 2.99. The Morgan fingerprint density at radius 2 is 2.12 bits per heavy atom. The van der Waals surface area contributed by atoms with Gasteiger partial charge in [0.25, 0.3) is 0 Å². The Labute approximate surface area is 162 Å². The van der Waals surface area contributed by atoms with Crippen LogP contribution in [0.4, 0.5) is 18.9 Å². The number of hydrogen-bond acceptors (Lipinski definition) is 4. The van der Waals surface area contributed by atoms with Gasteiger partial charge < -0.3 is 15.4 Å². The summed E-state index contributed by atoms with van der Waals surface area (Å²) < 4.78 is 40.9. The molecule has 1 aliphatic heterocycles. The van der Waals surface area contributed by atoms with E-state index in [0.29, 0.717) is 18.2 Å². The van der Waals surface area contributed by atoms with Crippen LogP contribution >= 0.6 is 24.8 Å². The Morgan fingerprint density at radius 3 is 2.77 bits per heavy atom. The van der Waals surface area contributed by atoms with E-state index in [2.05, 4.69) is 20.4 Å². The summed E-state index contributed by atoms with van der Waals surface area (Å²) in [6.07, 6.45) is 1.00. The number of anilines is 1. The second-order valence-electron chi connectivity index (χ2n) is 6.47. The van der Waals surface area contributed by atoms with E-state index in [1.165, 1.54) is 18.3 Å². The smallest absolute Gasteiger partial charge is 0.422 e. The predicted octanol–water partition coefficient (Wildman–Crippen LogP) is 3.58. The molecule has 148 valence electrons. The summed E-state index contributed by atoms with van der Waals surface area (Å²) in [5, 5.41) is 6.16. The molecule has 0 radical (unpaired) electrons. The fourth-order valence-electron chi connectivity index (χ4n) is 3.64. The molecule has 2 atom stereocenters. The molecule has 0 bridgehead atoms. The number of fused-ring (bicyclic) bond motifs is 1. The number of nitrogens with zero attached hydrogens (tertiary/aromatic N) is 1. The summed E-state index contributed by atoms with van der Waals surface area (Å²) in [5.74, 6) is 0.179. The maximum Gasteiger partial charge on any atom is 0.422 e. The summed E-state index contributed by atoms with van der Waals surface area (Å²) in [6.45, 7) is 0.141. The average molecular weight is 416 g/mol. The molecule has 2 aliphatic rings. The molecule has 0 spiro atoms. The number of pyridine rings is 1. The van der Waals surface area contributed by atoms with Gasteiger partial charge in [-0.2, -0.15) is 13.2 Å². The lowest BCUT2D eigenvalue weighted by Gasteiger charge is -2.37. The molecule has 1 amide bonds. The molecule has 2 heterocycles. The predicted molar refractivity (Wildman–Crippen MR) is 96.2 cm³/mol. The van der Waals surface area contributed by atoms with Crippen molar-refractivity contribution in [3.63, 3.8) is 0 Å². The topological polar surface area (TPSA) is 63.2 Å². The number of aromatic nitrogens is 1. The van der Waals surface area contributed by atoms with Crippen LogP contribution < -0.4 is 15.4 Å². The van der Waals surface area contributed by atoms with E-state index in [1.54, 1.807) is 0 Å². The van der Waals surface area contributed by atoms with Gasteiger partial charge in [0.15, 0.2) is 6.61 Å². The van der Waals surface area contributed by atoms with E-state index < -0.39 is 12.8 Å². The lowest BCUT2D eigenvalue weighted by Crippen LogP contribution is -2.44. The molecule has 5 nitrogen and oxygen atoms in total. The number of alkyl halides is 3. The number of hydrogen-bond donors (Lipinski definition) is 2. The van der Waals surface area contributed by atoms with Gasteiger partial charge in [0, 0.05) is 12.6 Å². The minimum atomic E-state index is -4.40. The first-order valence-electron chi connectivity index (χ1n) is 8.07. The van der Waals surface area contributed by atoms with Crippen LogP contribution in [-0.4, -0.2) is 36.8 Å². The number of carbonyl (C=O) groups excluding carboxylic acids is 1. The van der Waals surface area contributed by atoms with Crippen molar-refractivity contribution < 1.29 is 22.7 Å². The van der Waals surface area contributed by atoms with Gasteiger partial charge in [-0.05, 0) is 31.4 Å². The van der Waals surface area contributed by atoms with Gasteiger partial charge in [-0.15, -0.1) is 24.8 Å². The zero-order valence-corrected chi connectivity index (χ0v) is 15.6. The first kappa shape index (κ1) is 22.8. The minimum absolute atomic E-state index is 0. The van der Waals surface area contributed by atoms with Crippen LogP contribution in [0.3, 0.4) is 0 Å². The molecular formula is C16H22Cl2F3N3O2. The van der Waals surface area contributed by atoms with Crippen molar-refractivity contribution in [3.05, 3.63) is 18.3 Å². The number of amides is 1. The molecule has 10 heteroatoms. The van der Waals surface area contributed by atoms with Crippen LogP contribution in [0.1, 0.15) is 25.7 Å². The Bertz CT molecular complexity index is 601. The van der Waals surface area contributed by atoms with Crippen molar-refractivity contribution in [2.24, 2.45) is 11.3 Å². The van der Waals surface area contributed by atoms with Crippen molar-refractivity contribution in [3.8, 4) is 5.88 Å². The second-order valence-corrected chi connectivity index (χ2v) is 6.47. The molecule has 26 heavy (non-hydrogen) atoms. The Morgan fingerprint density at radius 1 is 1.35 bits per heavy atom.